The van der Waals surface area contributed by atoms with Crippen LogP contribution in [0.15, 0.2) is 4.52 Å². The van der Waals surface area contributed by atoms with Crippen molar-refractivity contribution in [1.82, 2.24) is 9.30 Å². The molecule has 0 fully saturated rings. The summed E-state index contributed by atoms with van der Waals surface area (Å²) in [5.41, 5.74) is 0. The zero-order chi connectivity index (χ0) is 11.3. The molecule has 1 rings (SSSR count). The second kappa shape index (κ2) is 2.49. The molecule has 82 valence electrons. The van der Waals surface area contributed by atoms with Gasteiger partial charge in [0.15, 0.2) is 0 Å². The number of halogens is 5. The quantitative estimate of drug-likeness (QED) is 0.402. The summed E-state index contributed by atoms with van der Waals surface area (Å²) in [5, 5.41) is 8.02. The number of hydrogen-bond donors (Lipinski definition) is 2. The van der Waals surface area contributed by atoms with Crippen LogP contribution >= 0.6 is 24.1 Å². The Balaban J connectivity index is 3.28. The van der Waals surface area contributed by atoms with Crippen LogP contribution in [0.4, 0.5) is 21.0 Å². The average Bonchev–Trinajstić information content (AvgIpc) is 1.78. The fourth-order valence-corrected chi connectivity index (χ4v) is 5.77. The van der Waals surface area contributed by atoms with Crippen molar-refractivity contribution >= 4 is 24.1 Å². The van der Waals surface area contributed by atoms with Crippen molar-refractivity contribution in [3.63, 3.8) is 0 Å². The fraction of sp³-hybridized carbons (Fsp3) is 0. The molecule has 0 spiro atoms. The monoisotopic (exact) mass is 274 g/mol. The third-order valence-corrected chi connectivity index (χ3v) is 7.21. The predicted molar refractivity (Wildman–Crippen MR) is 41.5 cm³/mol. The molecule has 0 saturated carbocycles. The summed E-state index contributed by atoms with van der Waals surface area (Å²) in [5.74, 6) is 0. The molecule has 0 atom stereocenters. The SMILES string of the molecule is N#CN1P=NP(O)(F)(F)NP1(F)(F)F. The van der Waals surface area contributed by atoms with Crippen molar-refractivity contribution in [2.45, 2.75) is 0 Å². The van der Waals surface area contributed by atoms with Crippen LogP contribution in [0.2, 0.25) is 0 Å². The summed E-state index contributed by atoms with van der Waals surface area (Å²) in [7, 11) is -16.3. The molecular formula is CH2F5N4OP3. The minimum atomic E-state index is -7.72. The Labute approximate surface area is 76.2 Å². The molecule has 0 aliphatic carbocycles. The number of nitriles is 1. The molecule has 0 radical (unpaired) electrons. The van der Waals surface area contributed by atoms with Crippen LogP contribution in [-0.2, 0) is 0 Å². The van der Waals surface area contributed by atoms with Crippen molar-refractivity contribution in [2.24, 2.45) is 4.52 Å². The van der Waals surface area contributed by atoms with Gasteiger partial charge in [-0.05, 0) is 0 Å². The Kier molecular flexibility index (Phi) is 2.12. The molecule has 0 aromatic heterocycles. The normalized spacial score (nSPS) is 37.9. The molecule has 14 heavy (non-hydrogen) atoms. The van der Waals surface area contributed by atoms with E-state index in [1.807, 2.05) is 0 Å². The molecule has 5 nitrogen and oxygen atoms in total. The first-order chi connectivity index (χ1) is 5.91. The van der Waals surface area contributed by atoms with Crippen molar-refractivity contribution in [1.29, 1.82) is 5.26 Å². The number of nitrogens with one attached hydrogen (secondary N) is 1. The third kappa shape index (κ3) is 2.25. The molecule has 13 heteroatoms. The average molecular weight is 274 g/mol. The molecule has 0 amide bonds. The summed E-state index contributed by atoms with van der Waals surface area (Å²) in [6.45, 7) is 0. The van der Waals surface area contributed by atoms with Crippen LogP contribution in [0.5, 0.6) is 0 Å². The van der Waals surface area contributed by atoms with Gasteiger partial charge < -0.3 is 0 Å². The van der Waals surface area contributed by atoms with E-state index in [1.54, 1.807) is 0 Å². The molecule has 0 aromatic rings. The van der Waals surface area contributed by atoms with E-state index < -0.39 is 28.6 Å². The third-order valence-electron chi connectivity index (χ3n) is 0.999. The van der Waals surface area contributed by atoms with Gasteiger partial charge >= 0.3 is 75.3 Å². The Morgan fingerprint density at radius 1 is 1.36 bits per heavy atom. The Hall–Kier alpha value is -0.180. The van der Waals surface area contributed by atoms with Gasteiger partial charge in [0.2, 0.25) is 0 Å². The maximum absolute atomic E-state index is 12.7. The zero-order valence-electron chi connectivity index (χ0n) is 6.02. The second-order valence-electron chi connectivity index (χ2n) is 2.27. The van der Waals surface area contributed by atoms with Gasteiger partial charge in [-0.1, -0.05) is 0 Å². The molecular weight excluding hydrogens is 272 g/mol. The van der Waals surface area contributed by atoms with E-state index >= 15 is 0 Å². The second-order valence-corrected chi connectivity index (χ2v) is 8.27. The van der Waals surface area contributed by atoms with Gasteiger partial charge in [0.05, 0.1) is 0 Å². The van der Waals surface area contributed by atoms with Gasteiger partial charge in [0, 0.05) is 0 Å². The van der Waals surface area contributed by atoms with E-state index in [1.165, 1.54) is 0 Å². The van der Waals surface area contributed by atoms with E-state index in [9.17, 15) is 21.0 Å². The minimum absolute atomic E-state index is 0.101. The van der Waals surface area contributed by atoms with Gasteiger partial charge in [0.25, 0.3) is 0 Å². The van der Waals surface area contributed by atoms with Crippen molar-refractivity contribution < 1.29 is 25.9 Å². The molecule has 1 heterocycles. The Bertz CT molecular complexity index is 346. The van der Waals surface area contributed by atoms with Gasteiger partial charge in [-0.25, -0.2) is 0 Å². The van der Waals surface area contributed by atoms with E-state index in [0.29, 0.717) is 6.19 Å². The van der Waals surface area contributed by atoms with E-state index in [4.69, 9.17) is 10.2 Å². The summed E-state index contributed by atoms with van der Waals surface area (Å²) in [6.07, 6.45) is 0.664. The topological polar surface area (TPSA) is 71.7 Å². The number of rotatable bonds is 0. The zero-order valence-corrected chi connectivity index (χ0v) is 8.70. The van der Waals surface area contributed by atoms with Crippen molar-refractivity contribution in [2.75, 3.05) is 0 Å². The maximum atomic E-state index is 12.7. The van der Waals surface area contributed by atoms with Crippen molar-refractivity contribution in [3.05, 3.63) is 0 Å². The Morgan fingerprint density at radius 3 is 2.21 bits per heavy atom. The van der Waals surface area contributed by atoms with Crippen LogP contribution in [-0.4, -0.2) is 9.33 Å². The fourth-order valence-electron chi connectivity index (χ4n) is 0.588. The van der Waals surface area contributed by atoms with Gasteiger partial charge in [-0.3, -0.25) is 0 Å². The van der Waals surface area contributed by atoms with Crippen LogP contribution < -0.4 is 4.86 Å². The predicted octanol–water partition coefficient (Wildman–Crippen LogP) is 3.51. The van der Waals surface area contributed by atoms with Crippen LogP contribution in [0, 0.1) is 11.5 Å². The molecule has 0 saturated heterocycles. The Morgan fingerprint density at radius 2 is 1.86 bits per heavy atom. The standard InChI is InChI=1S/CH2F5N4OP3/c2-13(3,4)9-14(5,6,11)8-12-10(13)1-7/h9,11H. The first-order valence-electron chi connectivity index (χ1n) is 2.74. The first-order valence-corrected chi connectivity index (χ1v) is 7.32. The van der Waals surface area contributed by atoms with Crippen molar-refractivity contribution in [3.8, 4) is 6.19 Å². The van der Waals surface area contributed by atoms with E-state index in [2.05, 4.69) is 4.52 Å². The first kappa shape index (κ1) is 11.9. The summed E-state index contributed by atoms with van der Waals surface area (Å²) in [4.78, 5) is 8.14. The van der Waals surface area contributed by atoms with Gasteiger partial charge in [-0.15, -0.1) is 0 Å². The summed E-state index contributed by atoms with van der Waals surface area (Å²) < 4.78 is 64.3. The summed E-state index contributed by atoms with van der Waals surface area (Å²) in [6, 6.07) is 0. The number of hydrogen-bond acceptors (Lipinski definition) is 5. The van der Waals surface area contributed by atoms with E-state index in [-0.39, 0.29) is 4.86 Å². The molecule has 0 bridgehead atoms. The van der Waals surface area contributed by atoms with Crippen LogP contribution in [0.3, 0.4) is 0 Å². The molecule has 0 aromatic carbocycles. The van der Waals surface area contributed by atoms with E-state index in [0.717, 1.165) is 0 Å². The van der Waals surface area contributed by atoms with Gasteiger partial charge in [0.1, 0.15) is 0 Å². The van der Waals surface area contributed by atoms with Crippen LogP contribution in [0.1, 0.15) is 0 Å². The molecule has 2 N–H and O–H groups in total. The molecule has 1 aliphatic rings. The van der Waals surface area contributed by atoms with Crippen LogP contribution in [0.25, 0.3) is 0 Å². The number of nitrogens with zero attached hydrogens (tertiary/aromatic N) is 3. The molecule has 0 unspecified atom stereocenters. The summed E-state index contributed by atoms with van der Waals surface area (Å²) >= 11 is 0. The van der Waals surface area contributed by atoms with Gasteiger partial charge in [-0.2, -0.15) is 0 Å². The molecule has 1 aliphatic heterocycles.